The summed E-state index contributed by atoms with van der Waals surface area (Å²) in [6.45, 7) is 5.78. The van der Waals surface area contributed by atoms with E-state index in [-0.39, 0.29) is 29.6 Å². The third-order valence-corrected chi connectivity index (χ3v) is 7.31. The van der Waals surface area contributed by atoms with Crippen LogP contribution in [0.25, 0.3) is 16.6 Å². The normalized spacial score (nSPS) is 20.9. The lowest BCUT2D eigenvalue weighted by atomic mass is 9.84. The Morgan fingerprint density at radius 3 is 2.83 bits per heavy atom. The minimum atomic E-state index is -2.34. The maximum absolute atomic E-state index is 15.3. The van der Waals surface area contributed by atoms with Crippen molar-refractivity contribution >= 4 is 22.9 Å². The second kappa shape index (κ2) is 8.50. The van der Waals surface area contributed by atoms with E-state index in [1.165, 1.54) is 17.8 Å². The van der Waals surface area contributed by atoms with Crippen molar-refractivity contribution in [3.63, 3.8) is 0 Å². The topological polar surface area (TPSA) is 87.6 Å². The van der Waals surface area contributed by atoms with Crippen LogP contribution in [0.4, 0.5) is 24.8 Å². The predicted octanol–water partition coefficient (Wildman–Crippen LogP) is 5.82. The van der Waals surface area contributed by atoms with Crippen LogP contribution in [-0.2, 0) is 6.42 Å². The minimum absolute atomic E-state index is 0.0875. The highest BCUT2D eigenvalue weighted by atomic mass is 19.3. The third kappa shape index (κ3) is 4.06. The zero-order chi connectivity index (χ0) is 25.8. The van der Waals surface area contributed by atoms with Crippen molar-refractivity contribution in [1.82, 2.24) is 14.6 Å². The molecule has 1 aliphatic heterocycles. The number of rotatable bonds is 7. The zero-order valence-corrected chi connectivity index (χ0v) is 20.6. The average molecular weight is 497 g/mol. The number of methoxy groups -OCH3 is 1. The molecular weight excluding hydrogens is 469 g/mol. The average Bonchev–Trinajstić information content (AvgIpc) is 3.38. The van der Waals surface area contributed by atoms with Gasteiger partial charge in [-0.3, -0.25) is 4.99 Å². The monoisotopic (exact) mass is 496 g/mol. The molecule has 0 bridgehead atoms. The molecule has 188 valence electrons. The number of aromatic nitrogens is 3. The maximum Gasteiger partial charge on any atom is 0.244 e. The van der Waals surface area contributed by atoms with E-state index in [4.69, 9.17) is 9.73 Å². The molecule has 3 heterocycles. The first kappa shape index (κ1) is 24.1. The molecule has 5 rings (SSSR count). The molecule has 1 unspecified atom stereocenters. The Morgan fingerprint density at radius 1 is 1.36 bits per heavy atom. The van der Waals surface area contributed by atoms with Gasteiger partial charge in [-0.1, -0.05) is 6.07 Å². The van der Waals surface area contributed by atoms with Crippen LogP contribution in [0.15, 0.2) is 29.4 Å². The fraction of sp³-hybridized carbons (Fsp3) is 0.462. The van der Waals surface area contributed by atoms with Gasteiger partial charge < -0.3 is 10.1 Å². The highest BCUT2D eigenvalue weighted by molar-refractivity contribution is 5.96. The number of nitrogens with one attached hydrogen (secondary N) is 1. The van der Waals surface area contributed by atoms with Crippen LogP contribution >= 0.6 is 0 Å². The summed E-state index contributed by atoms with van der Waals surface area (Å²) in [5.41, 5.74) is 2.87. The number of halogens is 3. The number of nitriles is 1. The van der Waals surface area contributed by atoms with Gasteiger partial charge in [0.25, 0.3) is 0 Å². The fourth-order valence-electron chi connectivity index (χ4n) is 5.17. The standard InChI is InChI=1S/C26H27F3N6O/c1-14-26(10-17(26)8-20(28)29)9-16-7-15(5-6-19(16)32-14)21-18(27)11-35-22(21)23(36-4)33-24(34-35)31-13-25(2,3)12-30/h5-7,11,17,20H,8-10,13H2,1-4H3,(H,31,34)/t17?,26-/m1/s1. The molecule has 1 N–H and O–H groups in total. The highest BCUT2D eigenvalue weighted by Gasteiger charge is 2.57. The van der Waals surface area contributed by atoms with Crippen molar-refractivity contribution in [2.75, 3.05) is 19.0 Å². The Labute approximate surface area is 207 Å². The maximum atomic E-state index is 15.3. The summed E-state index contributed by atoms with van der Waals surface area (Å²) in [6, 6.07) is 7.70. The molecule has 1 saturated carbocycles. The lowest BCUT2D eigenvalue weighted by molar-refractivity contribution is 0.126. The van der Waals surface area contributed by atoms with Crippen LogP contribution in [0.5, 0.6) is 5.88 Å². The van der Waals surface area contributed by atoms with Crippen LogP contribution in [0.2, 0.25) is 0 Å². The fourth-order valence-corrected chi connectivity index (χ4v) is 5.17. The van der Waals surface area contributed by atoms with Gasteiger partial charge in [0.05, 0.1) is 36.0 Å². The largest absolute Gasteiger partial charge is 0.479 e. The van der Waals surface area contributed by atoms with Gasteiger partial charge in [0.15, 0.2) is 5.82 Å². The number of hydrogen-bond acceptors (Lipinski definition) is 6. The van der Waals surface area contributed by atoms with Gasteiger partial charge in [-0.2, -0.15) is 10.2 Å². The second-order valence-electron chi connectivity index (χ2n) is 10.3. The van der Waals surface area contributed by atoms with Crippen molar-refractivity contribution in [2.45, 2.75) is 46.5 Å². The lowest BCUT2D eigenvalue weighted by Gasteiger charge is -2.24. The first-order chi connectivity index (χ1) is 17.1. The zero-order valence-electron chi connectivity index (χ0n) is 20.6. The summed E-state index contributed by atoms with van der Waals surface area (Å²) in [5, 5.41) is 16.6. The summed E-state index contributed by atoms with van der Waals surface area (Å²) in [4.78, 5) is 9.10. The molecule has 0 amide bonds. The van der Waals surface area contributed by atoms with E-state index < -0.39 is 17.7 Å². The van der Waals surface area contributed by atoms with Gasteiger partial charge in [-0.15, -0.1) is 5.10 Å². The van der Waals surface area contributed by atoms with Crippen molar-refractivity contribution in [3.8, 4) is 23.1 Å². The smallest absolute Gasteiger partial charge is 0.244 e. The summed E-state index contributed by atoms with van der Waals surface area (Å²) < 4.78 is 48.2. The van der Waals surface area contributed by atoms with E-state index in [1.807, 2.05) is 19.1 Å². The van der Waals surface area contributed by atoms with E-state index in [1.54, 1.807) is 19.9 Å². The second-order valence-corrected chi connectivity index (χ2v) is 10.3. The van der Waals surface area contributed by atoms with Crippen LogP contribution < -0.4 is 10.1 Å². The molecule has 3 aromatic rings. The quantitative estimate of drug-likeness (QED) is 0.446. The van der Waals surface area contributed by atoms with E-state index in [0.717, 1.165) is 17.0 Å². The van der Waals surface area contributed by atoms with Crippen LogP contribution in [-0.4, -0.2) is 40.4 Å². The van der Waals surface area contributed by atoms with Gasteiger partial charge in [0, 0.05) is 24.1 Å². The third-order valence-electron chi connectivity index (χ3n) is 7.31. The molecule has 0 radical (unpaired) electrons. The molecule has 1 spiro atoms. The molecule has 1 aliphatic carbocycles. The number of anilines is 1. The van der Waals surface area contributed by atoms with E-state index >= 15 is 4.39 Å². The molecule has 1 fully saturated rings. The Morgan fingerprint density at radius 2 is 2.14 bits per heavy atom. The number of hydrogen-bond donors (Lipinski definition) is 1. The predicted molar refractivity (Wildman–Crippen MR) is 130 cm³/mol. The van der Waals surface area contributed by atoms with Crippen LogP contribution in [0.1, 0.15) is 39.2 Å². The minimum Gasteiger partial charge on any atom is -0.479 e. The number of aliphatic imine (C=N–C) groups is 1. The number of fused-ring (bicyclic) bond motifs is 2. The van der Waals surface area contributed by atoms with Crippen molar-refractivity contribution in [1.29, 1.82) is 5.26 Å². The van der Waals surface area contributed by atoms with Crippen LogP contribution in [0, 0.1) is 33.9 Å². The molecule has 1 aromatic carbocycles. The van der Waals surface area contributed by atoms with Gasteiger partial charge in [-0.25, -0.2) is 17.7 Å². The molecule has 10 heteroatoms. The Balaban J connectivity index is 1.52. The van der Waals surface area contributed by atoms with Gasteiger partial charge in [-0.05, 0) is 62.8 Å². The first-order valence-electron chi connectivity index (χ1n) is 11.8. The molecule has 7 nitrogen and oxygen atoms in total. The molecule has 2 aliphatic rings. The Kier molecular flexibility index (Phi) is 5.69. The molecule has 2 atom stereocenters. The van der Waals surface area contributed by atoms with Crippen molar-refractivity contribution in [2.24, 2.45) is 21.7 Å². The van der Waals surface area contributed by atoms with E-state index in [0.29, 0.717) is 36.0 Å². The van der Waals surface area contributed by atoms with Gasteiger partial charge >= 0.3 is 0 Å². The first-order valence-corrected chi connectivity index (χ1v) is 11.8. The molecular formula is C26H27F3N6O. The SMILES string of the molecule is COc1nc(NCC(C)(C)C#N)nn2cc(F)c(-c3ccc4c(c3)C[C@@]3(CC3CC(F)F)C(C)=N4)c12. The lowest BCUT2D eigenvalue weighted by Crippen LogP contribution is -2.22. The summed E-state index contributed by atoms with van der Waals surface area (Å²) in [7, 11) is 1.45. The summed E-state index contributed by atoms with van der Waals surface area (Å²) in [6.07, 6.45) is 0.0941. The molecule has 0 saturated heterocycles. The van der Waals surface area contributed by atoms with Gasteiger partial charge in [0.1, 0.15) is 5.52 Å². The Bertz CT molecular complexity index is 1420. The number of alkyl halides is 2. The number of ether oxygens (including phenoxy) is 1. The van der Waals surface area contributed by atoms with Crippen molar-refractivity contribution < 1.29 is 17.9 Å². The number of nitrogens with zero attached hydrogens (tertiary/aromatic N) is 5. The van der Waals surface area contributed by atoms with Gasteiger partial charge in [0.2, 0.25) is 18.3 Å². The molecule has 36 heavy (non-hydrogen) atoms. The van der Waals surface area contributed by atoms with E-state index in [2.05, 4.69) is 21.5 Å². The summed E-state index contributed by atoms with van der Waals surface area (Å²) in [5.74, 6) is -0.191. The highest BCUT2D eigenvalue weighted by Crippen LogP contribution is 2.61. The number of benzene rings is 1. The van der Waals surface area contributed by atoms with Crippen LogP contribution in [0.3, 0.4) is 0 Å². The molecule has 2 aromatic heterocycles. The van der Waals surface area contributed by atoms with E-state index in [9.17, 15) is 14.0 Å². The van der Waals surface area contributed by atoms with Crippen molar-refractivity contribution in [3.05, 3.63) is 35.8 Å². The Hall–Kier alpha value is -3.61. The summed E-state index contributed by atoms with van der Waals surface area (Å²) >= 11 is 0.